The molecule has 2 atom stereocenters. The Labute approximate surface area is 120 Å². The summed E-state index contributed by atoms with van der Waals surface area (Å²) < 4.78 is 0. The number of benzene rings is 1. The van der Waals surface area contributed by atoms with Crippen molar-refractivity contribution >= 4 is 18.3 Å². The van der Waals surface area contributed by atoms with E-state index in [4.69, 9.17) is 0 Å². The van der Waals surface area contributed by atoms with Crippen molar-refractivity contribution in [3.63, 3.8) is 0 Å². The molecule has 2 aliphatic rings. The van der Waals surface area contributed by atoms with Crippen molar-refractivity contribution in [3.05, 3.63) is 35.9 Å². The highest BCUT2D eigenvalue weighted by Gasteiger charge is 2.36. The van der Waals surface area contributed by atoms with Gasteiger partial charge in [0.2, 0.25) is 0 Å². The zero-order valence-electron chi connectivity index (χ0n) is 11.2. The van der Waals surface area contributed by atoms with Crippen molar-refractivity contribution in [1.82, 2.24) is 10.2 Å². The van der Waals surface area contributed by atoms with E-state index in [0.717, 1.165) is 18.4 Å². The summed E-state index contributed by atoms with van der Waals surface area (Å²) >= 11 is 0. The molecule has 0 aliphatic carbocycles. The van der Waals surface area contributed by atoms with Gasteiger partial charge in [-0.1, -0.05) is 18.2 Å². The van der Waals surface area contributed by atoms with Gasteiger partial charge in [-0.2, -0.15) is 0 Å². The molecule has 1 aromatic rings. The first-order valence-electron chi connectivity index (χ1n) is 6.82. The van der Waals surface area contributed by atoms with Crippen LogP contribution < -0.4 is 5.32 Å². The van der Waals surface area contributed by atoms with Crippen LogP contribution in [0.1, 0.15) is 36.0 Å². The third-order valence-electron chi connectivity index (χ3n) is 4.34. The van der Waals surface area contributed by atoms with Crippen molar-refractivity contribution < 1.29 is 4.79 Å². The molecule has 2 unspecified atom stereocenters. The third-order valence-corrected chi connectivity index (χ3v) is 4.34. The van der Waals surface area contributed by atoms with E-state index in [1.807, 2.05) is 42.3 Å². The van der Waals surface area contributed by atoms with Crippen molar-refractivity contribution in [2.24, 2.45) is 0 Å². The van der Waals surface area contributed by atoms with Gasteiger partial charge < -0.3 is 10.2 Å². The van der Waals surface area contributed by atoms with Crippen molar-refractivity contribution in [1.29, 1.82) is 0 Å². The minimum Gasteiger partial charge on any atom is -0.339 e. The summed E-state index contributed by atoms with van der Waals surface area (Å²) in [7, 11) is 1.95. The Morgan fingerprint density at radius 2 is 1.74 bits per heavy atom. The number of carbonyl (C=O) groups is 1. The van der Waals surface area contributed by atoms with Crippen LogP contribution in [-0.4, -0.2) is 36.0 Å². The maximum absolute atomic E-state index is 12.4. The van der Waals surface area contributed by atoms with Crippen molar-refractivity contribution in [3.8, 4) is 0 Å². The van der Waals surface area contributed by atoms with Crippen LogP contribution in [0.2, 0.25) is 0 Å². The smallest absolute Gasteiger partial charge is 0.253 e. The quantitative estimate of drug-likeness (QED) is 0.903. The number of hydrogen-bond donors (Lipinski definition) is 1. The average Bonchev–Trinajstić information content (AvgIpc) is 2.77. The third kappa shape index (κ3) is 2.93. The van der Waals surface area contributed by atoms with Gasteiger partial charge in [0, 0.05) is 30.7 Å². The Morgan fingerprint density at radius 3 is 2.32 bits per heavy atom. The van der Waals surface area contributed by atoms with E-state index in [9.17, 15) is 4.79 Å². The monoisotopic (exact) mass is 280 g/mol. The molecule has 2 bridgehead atoms. The number of amides is 1. The van der Waals surface area contributed by atoms with Crippen LogP contribution in [0, 0.1) is 0 Å². The second kappa shape index (κ2) is 5.93. The van der Waals surface area contributed by atoms with Gasteiger partial charge in [-0.25, -0.2) is 0 Å². The molecule has 4 heteroatoms. The predicted molar refractivity (Wildman–Crippen MR) is 78.8 cm³/mol. The van der Waals surface area contributed by atoms with Crippen LogP contribution in [-0.2, 0) is 0 Å². The maximum atomic E-state index is 12.4. The van der Waals surface area contributed by atoms with E-state index in [0.29, 0.717) is 18.1 Å². The fourth-order valence-corrected chi connectivity index (χ4v) is 3.29. The SMILES string of the molecule is CN(C(=O)c1ccccc1)C1CC2CCC(C1)N2.Cl. The van der Waals surface area contributed by atoms with Crippen molar-refractivity contribution in [2.45, 2.75) is 43.8 Å². The molecule has 3 rings (SSSR count). The van der Waals surface area contributed by atoms with Crippen LogP contribution >= 0.6 is 12.4 Å². The van der Waals surface area contributed by atoms with Crippen LogP contribution in [0.4, 0.5) is 0 Å². The second-order valence-corrected chi connectivity index (χ2v) is 5.55. The minimum absolute atomic E-state index is 0. The van der Waals surface area contributed by atoms with Crippen LogP contribution in [0.5, 0.6) is 0 Å². The number of nitrogens with one attached hydrogen (secondary N) is 1. The molecule has 104 valence electrons. The number of rotatable bonds is 2. The molecule has 0 aromatic heterocycles. The molecule has 2 saturated heterocycles. The largest absolute Gasteiger partial charge is 0.339 e. The van der Waals surface area contributed by atoms with Gasteiger partial charge in [0.05, 0.1) is 0 Å². The lowest BCUT2D eigenvalue weighted by molar-refractivity contribution is 0.0681. The van der Waals surface area contributed by atoms with Crippen LogP contribution in [0.15, 0.2) is 30.3 Å². The van der Waals surface area contributed by atoms with Crippen molar-refractivity contribution in [2.75, 3.05) is 7.05 Å². The van der Waals surface area contributed by atoms with E-state index in [-0.39, 0.29) is 18.3 Å². The summed E-state index contributed by atoms with van der Waals surface area (Å²) in [6.45, 7) is 0. The molecule has 2 heterocycles. The Morgan fingerprint density at radius 1 is 1.16 bits per heavy atom. The summed E-state index contributed by atoms with van der Waals surface area (Å²) in [5.74, 6) is 0.155. The van der Waals surface area contributed by atoms with Crippen LogP contribution in [0.25, 0.3) is 0 Å². The predicted octanol–water partition coefficient (Wildman–Crippen LogP) is 2.46. The Hall–Kier alpha value is -1.06. The van der Waals surface area contributed by atoms with Gasteiger partial charge >= 0.3 is 0 Å². The first-order valence-corrected chi connectivity index (χ1v) is 6.82. The molecule has 2 aliphatic heterocycles. The summed E-state index contributed by atoms with van der Waals surface area (Å²) in [5.41, 5.74) is 0.797. The van der Waals surface area contributed by atoms with E-state index in [1.54, 1.807) is 0 Å². The Kier molecular flexibility index (Phi) is 4.48. The molecule has 0 saturated carbocycles. The molecule has 0 radical (unpaired) electrons. The second-order valence-electron chi connectivity index (χ2n) is 5.55. The van der Waals surface area contributed by atoms with E-state index >= 15 is 0 Å². The normalized spacial score (nSPS) is 28.6. The molecule has 2 fully saturated rings. The lowest BCUT2D eigenvalue weighted by atomic mass is 9.98. The number of halogens is 1. The zero-order chi connectivity index (χ0) is 12.5. The average molecular weight is 281 g/mol. The van der Waals surface area contributed by atoms with Gasteiger partial charge in [0.1, 0.15) is 0 Å². The number of nitrogens with zero attached hydrogens (tertiary/aromatic N) is 1. The first-order chi connectivity index (χ1) is 8.74. The highest BCUT2D eigenvalue weighted by atomic mass is 35.5. The summed E-state index contributed by atoms with van der Waals surface area (Å²) in [6.07, 6.45) is 4.75. The number of hydrogen-bond acceptors (Lipinski definition) is 2. The molecular formula is C15H21ClN2O. The van der Waals surface area contributed by atoms with E-state index in [2.05, 4.69) is 5.32 Å². The lowest BCUT2D eigenvalue weighted by Gasteiger charge is -2.35. The maximum Gasteiger partial charge on any atom is 0.253 e. The standard InChI is InChI=1S/C15H20N2O.ClH/c1-17(15(18)11-5-3-2-4-6-11)14-9-12-7-8-13(10-14)16-12;/h2-6,12-14,16H,7-10H2,1H3;1H. The number of carbonyl (C=O) groups excluding carboxylic acids is 1. The molecule has 3 nitrogen and oxygen atoms in total. The highest BCUT2D eigenvalue weighted by molar-refractivity contribution is 5.94. The van der Waals surface area contributed by atoms with Gasteiger partial charge in [-0.3, -0.25) is 4.79 Å². The summed E-state index contributed by atoms with van der Waals surface area (Å²) in [6, 6.07) is 11.2. The summed E-state index contributed by atoms with van der Waals surface area (Å²) in [5, 5.41) is 3.62. The van der Waals surface area contributed by atoms with Crippen LogP contribution in [0.3, 0.4) is 0 Å². The van der Waals surface area contributed by atoms with E-state index in [1.165, 1.54) is 12.8 Å². The Balaban J connectivity index is 0.00000133. The van der Waals surface area contributed by atoms with Gasteiger partial charge in [-0.15, -0.1) is 12.4 Å². The van der Waals surface area contributed by atoms with Gasteiger partial charge in [0.25, 0.3) is 5.91 Å². The first kappa shape index (κ1) is 14.4. The molecule has 19 heavy (non-hydrogen) atoms. The van der Waals surface area contributed by atoms with Gasteiger partial charge in [0.15, 0.2) is 0 Å². The van der Waals surface area contributed by atoms with Gasteiger partial charge in [-0.05, 0) is 37.8 Å². The minimum atomic E-state index is 0. The topological polar surface area (TPSA) is 32.3 Å². The highest BCUT2D eigenvalue weighted by Crippen LogP contribution is 2.29. The van der Waals surface area contributed by atoms with E-state index < -0.39 is 0 Å². The Bertz CT molecular complexity index is 425. The fraction of sp³-hybridized carbons (Fsp3) is 0.533. The lowest BCUT2D eigenvalue weighted by Crippen LogP contribution is -2.48. The fourth-order valence-electron chi connectivity index (χ4n) is 3.29. The molecule has 1 N–H and O–H groups in total. The zero-order valence-corrected chi connectivity index (χ0v) is 12.0. The molecular weight excluding hydrogens is 260 g/mol. The summed E-state index contributed by atoms with van der Waals surface area (Å²) in [4.78, 5) is 14.3. The number of fused-ring (bicyclic) bond motifs is 2. The molecule has 1 aromatic carbocycles. The number of piperidine rings is 1. The molecule has 0 spiro atoms. The molecule has 1 amide bonds.